The second-order valence-electron chi connectivity index (χ2n) is 3.80. The van der Waals surface area contributed by atoms with Crippen molar-refractivity contribution < 1.29 is 14.3 Å². The molecule has 1 aromatic carbocycles. The van der Waals surface area contributed by atoms with Gasteiger partial charge >= 0.3 is 5.97 Å². The predicted molar refractivity (Wildman–Crippen MR) is 72.6 cm³/mol. The number of pyridine rings is 1. The first-order chi connectivity index (χ1) is 9.08. The molecule has 0 radical (unpaired) electrons. The topological polar surface area (TPSA) is 62.2 Å². The van der Waals surface area contributed by atoms with Crippen LogP contribution in [0.5, 0.6) is 0 Å². The third-order valence-electron chi connectivity index (χ3n) is 2.49. The molecule has 0 aliphatic carbocycles. The van der Waals surface area contributed by atoms with E-state index in [2.05, 4.69) is 26.2 Å². The molecule has 0 spiro atoms. The van der Waals surface area contributed by atoms with Crippen molar-refractivity contribution in [1.29, 1.82) is 0 Å². The van der Waals surface area contributed by atoms with E-state index in [4.69, 9.17) is 5.11 Å². The van der Waals surface area contributed by atoms with Crippen molar-refractivity contribution in [3.63, 3.8) is 0 Å². The third kappa shape index (κ3) is 3.29. The smallest absolute Gasteiger partial charge is 0.339 e. The molecule has 0 bridgehead atoms. The summed E-state index contributed by atoms with van der Waals surface area (Å²) in [5.41, 5.74) is 0.481. The molecule has 4 nitrogen and oxygen atoms in total. The van der Waals surface area contributed by atoms with Gasteiger partial charge in [-0.1, -0.05) is 18.2 Å². The van der Waals surface area contributed by atoms with E-state index in [1.807, 2.05) is 0 Å². The zero-order valence-electron chi connectivity index (χ0n) is 9.73. The maximum absolute atomic E-state index is 13.4. The van der Waals surface area contributed by atoms with Crippen LogP contribution in [0, 0.1) is 5.82 Å². The van der Waals surface area contributed by atoms with E-state index in [-0.39, 0.29) is 23.7 Å². The Kier molecular flexibility index (Phi) is 4.11. The summed E-state index contributed by atoms with van der Waals surface area (Å²) in [6.45, 7) is 0.168. The standard InChI is InChI=1S/C13H10BrFN2O2/c14-9-5-10(13(18)19)12(17-7-9)16-6-8-3-1-2-4-11(8)15/h1-5,7H,6H2,(H,16,17)(H,18,19). The highest BCUT2D eigenvalue weighted by Crippen LogP contribution is 2.19. The Morgan fingerprint density at radius 1 is 1.42 bits per heavy atom. The molecule has 19 heavy (non-hydrogen) atoms. The minimum atomic E-state index is -1.09. The van der Waals surface area contributed by atoms with Crippen molar-refractivity contribution in [3.8, 4) is 0 Å². The van der Waals surface area contributed by atoms with Crippen LogP contribution in [-0.4, -0.2) is 16.1 Å². The molecular formula is C13H10BrFN2O2. The Morgan fingerprint density at radius 3 is 2.84 bits per heavy atom. The lowest BCUT2D eigenvalue weighted by molar-refractivity contribution is 0.0697. The largest absolute Gasteiger partial charge is 0.478 e. The van der Waals surface area contributed by atoms with Crippen LogP contribution in [0.1, 0.15) is 15.9 Å². The number of rotatable bonds is 4. The van der Waals surface area contributed by atoms with Crippen LogP contribution in [0.15, 0.2) is 41.0 Å². The number of nitrogens with zero attached hydrogens (tertiary/aromatic N) is 1. The Bertz CT molecular complexity index is 619. The van der Waals surface area contributed by atoms with Crippen LogP contribution in [0.2, 0.25) is 0 Å². The van der Waals surface area contributed by atoms with Gasteiger partial charge < -0.3 is 10.4 Å². The first-order valence-corrected chi connectivity index (χ1v) is 6.23. The number of carboxylic acids is 1. The highest BCUT2D eigenvalue weighted by molar-refractivity contribution is 9.10. The van der Waals surface area contributed by atoms with Gasteiger partial charge in [0.05, 0.1) is 0 Å². The molecule has 0 atom stereocenters. The van der Waals surface area contributed by atoms with E-state index in [1.165, 1.54) is 18.3 Å². The fraction of sp³-hybridized carbons (Fsp3) is 0.0769. The number of halogens is 2. The summed E-state index contributed by atoms with van der Waals surface area (Å²) < 4.78 is 14.0. The van der Waals surface area contributed by atoms with Crippen molar-refractivity contribution in [2.75, 3.05) is 5.32 Å². The maximum Gasteiger partial charge on any atom is 0.339 e. The van der Waals surface area contributed by atoms with Crippen LogP contribution < -0.4 is 5.32 Å². The number of hydrogen-bond donors (Lipinski definition) is 2. The van der Waals surface area contributed by atoms with Gasteiger partial charge in [-0.3, -0.25) is 0 Å². The quantitative estimate of drug-likeness (QED) is 0.905. The first-order valence-electron chi connectivity index (χ1n) is 5.44. The van der Waals surface area contributed by atoms with Crippen molar-refractivity contribution in [2.24, 2.45) is 0 Å². The lowest BCUT2D eigenvalue weighted by Gasteiger charge is -2.09. The fourth-order valence-electron chi connectivity index (χ4n) is 1.56. The normalized spacial score (nSPS) is 10.2. The molecule has 2 aromatic rings. The van der Waals surface area contributed by atoms with Crippen LogP contribution in [0.4, 0.5) is 10.2 Å². The molecule has 0 fully saturated rings. The number of benzene rings is 1. The van der Waals surface area contributed by atoms with Crippen molar-refractivity contribution >= 4 is 27.7 Å². The molecule has 2 rings (SSSR count). The summed E-state index contributed by atoms with van der Waals surface area (Å²) in [6.07, 6.45) is 1.48. The monoisotopic (exact) mass is 324 g/mol. The summed E-state index contributed by atoms with van der Waals surface area (Å²) in [6, 6.07) is 7.73. The molecule has 0 aliphatic rings. The molecule has 0 amide bonds. The summed E-state index contributed by atoms with van der Waals surface area (Å²) in [5, 5.41) is 11.9. The van der Waals surface area contributed by atoms with E-state index >= 15 is 0 Å². The fourth-order valence-corrected chi connectivity index (χ4v) is 1.90. The van der Waals surface area contributed by atoms with Gasteiger partial charge in [0.15, 0.2) is 0 Å². The SMILES string of the molecule is O=C(O)c1cc(Br)cnc1NCc1ccccc1F. The van der Waals surface area contributed by atoms with Crippen LogP contribution >= 0.6 is 15.9 Å². The number of aromatic nitrogens is 1. The molecule has 6 heteroatoms. The van der Waals surface area contributed by atoms with Gasteiger partial charge in [-0.15, -0.1) is 0 Å². The summed E-state index contributed by atoms with van der Waals surface area (Å²) in [4.78, 5) is 15.1. The Hall–Kier alpha value is -1.95. The number of nitrogens with one attached hydrogen (secondary N) is 1. The van der Waals surface area contributed by atoms with Crippen molar-refractivity contribution in [1.82, 2.24) is 4.98 Å². The molecule has 1 aromatic heterocycles. The van der Waals surface area contributed by atoms with E-state index in [9.17, 15) is 9.18 Å². The first kappa shape index (κ1) is 13.5. The van der Waals surface area contributed by atoms with Crippen molar-refractivity contribution in [3.05, 3.63) is 57.9 Å². The summed E-state index contributed by atoms with van der Waals surface area (Å²) >= 11 is 3.16. The van der Waals surface area contributed by atoms with Gasteiger partial charge in [-0.05, 0) is 28.1 Å². The number of carboxylic acid groups (broad SMARTS) is 1. The molecule has 1 heterocycles. The molecular weight excluding hydrogens is 315 g/mol. The Balaban J connectivity index is 2.20. The number of aromatic carboxylic acids is 1. The maximum atomic E-state index is 13.4. The molecule has 2 N–H and O–H groups in total. The lowest BCUT2D eigenvalue weighted by atomic mass is 10.2. The van der Waals surface area contributed by atoms with E-state index < -0.39 is 5.97 Å². The van der Waals surface area contributed by atoms with Gasteiger partial charge in [-0.2, -0.15) is 0 Å². The molecule has 98 valence electrons. The predicted octanol–water partition coefficient (Wildman–Crippen LogP) is 3.29. The highest BCUT2D eigenvalue weighted by Gasteiger charge is 2.12. The van der Waals surface area contributed by atoms with Gasteiger partial charge in [0.1, 0.15) is 17.2 Å². The molecule has 0 unspecified atom stereocenters. The number of hydrogen-bond acceptors (Lipinski definition) is 3. The molecule has 0 saturated heterocycles. The number of carbonyl (C=O) groups is 1. The second kappa shape index (κ2) is 5.79. The van der Waals surface area contributed by atoms with Crippen LogP contribution in [0.3, 0.4) is 0 Å². The molecule has 0 saturated carbocycles. The van der Waals surface area contributed by atoms with Gasteiger partial charge in [-0.25, -0.2) is 14.2 Å². The third-order valence-corrected chi connectivity index (χ3v) is 2.92. The highest BCUT2D eigenvalue weighted by atomic mass is 79.9. The zero-order chi connectivity index (χ0) is 13.8. The average Bonchev–Trinajstić information content (AvgIpc) is 2.38. The van der Waals surface area contributed by atoms with Gasteiger partial charge in [0.2, 0.25) is 0 Å². The van der Waals surface area contributed by atoms with Gasteiger partial charge in [0, 0.05) is 22.8 Å². The lowest BCUT2D eigenvalue weighted by Crippen LogP contribution is -2.09. The Labute approximate surface area is 117 Å². The van der Waals surface area contributed by atoms with E-state index in [0.717, 1.165) is 0 Å². The number of anilines is 1. The van der Waals surface area contributed by atoms with Crippen LogP contribution in [0.25, 0.3) is 0 Å². The minimum absolute atomic E-state index is 0.0331. The van der Waals surface area contributed by atoms with E-state index in [0.29, 0.717) is 10.0 Å². The molecule has 0 aliphatic heterocycles. The van der Waals surface area contributed by atoms with Gasteiger partial charge in [0.25, 0.3) is 0 Å². The van der Waals surface area contributed by atoms with Crippen molar-refractivity contribution in [2.45, 2.75) is 6.54 Å². The summed E-state index contributed by atoms with van der Waals surface area (Å²) in [7, 11) is 0. The second-order valence-corrected chi connectivity index (χ2v) is 4.72. The summed E-state index contributed by atoms with van der Waals surface area (Å²) in [5.74, 6) is -1.23. The Morgan fingerprint density at radius 2 is 2.16 bits per heavy atom. The van der Waals surface area contributed by atoms with E-state index in [1.54, 1.807) is 18.2 Å². The average molecular weight is 325 g/mol. The van der Waals surface area contributed by atoms with Crippen LogP contribution in [-0.2, 0) is 6.54 Å². The minimum Gasteiger partial charge on any atom is -0.478 e. The zero-order valence-corrected chi connectivity index (χ0v) is 11.3.